The van der Waals surface area contributed by atoms with E-state index in [4.69, 9.17) is 0 Å². The summed E-state index contributed by atoms with van der Waals surface area (Å²) in [4.78, 5) is 12.0. The minimum atomic E-state index is -0.127. The SMILES string of the molecule is O=C(NCc1nn[nH]n1)c1ccc2c(c1)CNCC2. The molecule has 1 aromatic heterocycles. The molecule has 0 bridgehead atoms. The van der Waals surface area contributed by atoms with Gasteiger partial charge in [-0.1, -0.05) is 11.3 Å². The van der Waals surface area contributed by atoms with Gasteiger partial charge < -0.3 is 10.6 Å². The zero-order valence-corrected chi connectivity index (χ0v) is 10.3. The van der Waals surface area contributed by atoms with Crippen molar-refractivity contribution in [1.29, 1.82) is 0 Å². The molecule has 98 valence electrons. The number of nitrogens with zero attached hydrogens (tertiary/aromatic N) is 3. The molecule has 0 radical (unpaired) electrons. The van der Waals surface area contributed by atoms with Crippen LogP contribution in [-0.4, -0.2) is 33.1 Å². The minimum absolute atomic E-state index is 0.127. The summed E-state index contributed by atoms with van der Waals surface area (Å²) in [6.07, 6.45) is 1.01. The standard InChI is InChI=1S/C12H14N6O/c19-12(14-7-11-15-17-18-16-11)9-2-1-8-3-4-13-6-10(8)5-9/h1-2,5,13H,3-4,6-7H2,(H,14,19)(H,15,16,17,18). The lowest BCUT2D eigenvalue weighted by Crippen LogP contribution is -2.26. The van der Waals surface area contributed by atoms with Gasteiger partial charge in [-0.2, -0.15) is 5.21 Å². The van der Waals surface area contributed by atoms with Crippen LogP contribution in [0.4, 0.5) is 0 Å². The van der Waals surface area contributed by atoms with Gasteiger partial charge >= 0.3 is 0 Å². The van der Waals surface area contributed by atoms with Crippen molar-refractivity contribution in [2.45, 2.75) is 19.5 Å². The maximum atomic E-state index is 12.0. The largest absolute Gasteiger partial charge is 0.345 e. The Morgan fingerprint density at radius 3 is 3.16 bits per heavy atom. The van der Waals surface area contributed by atoms with E-state index in [1.807, 2.05) is 18.2 Å². The van der Waals surface area contributed by atoms with Gasteiger partial charge in [0.15, 0.2) is 5.82 Å². The third-order valence-electron chi connectivity index (χ3n) is 3.15. The van der Waals surface area contributed by atoms with Gasteiger partial charge in [0.2, 0.25) is 0 Å². The molecule has 1 amide bonds. The molecule has 0 saturated carbocycles. The predicted molar refractivity (Wildman–Crippen MR) is 67.2 cm³/mol. The van der Waals surface area contributed by atoms with Gasteiger partial charge in [0.25, 0.3) is 5.91 Å². The number of aromatic nitrogens is 4. The quantitative estimate of drug-likeness (QED) is 0.707. The summed E-state index contributed by atoms with van der Waals surface area (Å²) in [5.41, 5.74) is 3.16. The molecule has 1 aromatic carbocycles. The van der Waals surface area contributed by atoms with Gasteiger partial charge in [-0.25, -0.2) is 0 Å². The molecule has 7 heteroatoms. The third kappa shape index (κ3) is 2.60. The summed E-state index contributed by atoms with van der Waals surface area (Å²) < 4.78 is 0. The average Bonchev–Trinajstić information content (AvgIpc) is 2.97. The maximum absolute atomic E-state index is 12.0. The summed E-state index contributed by atoms with van der Waals surface area (Å²) >= 11 is 0. The Morgan fingerprint density at radius 1 is 1.37 bits per heavy atom. The molecule has 0 spiro atoms. The Kier molecular flexibility index (Phi) is 3.20. The Balaban J connectivity index is 1.69. The molecule has 19 heavy (non-hydrogen) atoms. The van der Waals surface area contributed by atoms with E-state index in [1.54, 1.807) is 0 Å². The molecule has 3 rings (SSSR count). The fourth-order valence-corrected chi connectivity index (χ4v) is 2.14. The summed E-state index contributed by atoms with van der Waals surface area (Å²) in [6, 6.07) is 5.82. The van der Waals surface area contributed by atoms with Gasteiger partial charge in [-0.15, -0.1) is 10.2 Å². The zero-order valence-electron chi connectivity index (χ0n) is 10.3. The Hall–Kier alpha value is -2.28. The van der Waals surface area contributed by atoms with E-state index in [0.29, 0.717) is 11.4 Å². The van der Waals surface area contributed by atoms with Gasteiger partial charge in [0, 0.05) is 12.1 Å². The first-order valence-electron chi connectivity index (χ1n) is 6.16. The number of nitrogens with one attached hydrogen (secondary N) is 3. The molecule has 0 saturated heterocycles. The number of amides is 1. The second-order valence-corrected chi connectivity index (χ2v) is 4.42. The summed E-state index contributed by atoms with van der Waals surface area (Å²) in [5, 5.41) is 19.4. The molecule has 0 fully saturated rings. The first-order valence-corrected chi connectivity index (χ1v) is 6.16. The van der Waals surface area contributed by atoms with Gasteiger partial charge in [0.05, 0.1) is 6.54 Å². The topological polar surface area (TPSA) is 95.6 Å². The van der Waals surface area contributed by atoms with Crippen molar-refractivity contribution in [3.05, 3.63) is 40.7 Å². The molecular formula is C12H14N6O. The molecule has 7 nitrogen and oxygen atoms in total. The van der Waals surface area contributed by atoms with Crippen molar-refractivity contribution in [1.82, 2.24) is 31.3 Å². The van der Waals surface area contributed by atoms with E-state index in [0.717, 1.165) is 19.5 Å². The second kappa shape index (κ2) is 5.15. The number of carbonyl (C=O) groups is 1. The highest BCUT2D eigenvalue weighted by Crippen LogP contribution is 2.15. The van der Waals surface area contributed by atoms with Crippen molar-refractivity contribution < 1.29 is 4.79 Å². The highest BCUT2D eigenvalue weighted by Gasteiger charge is 2.12. The smallest absolute Gasteiger partial charge is 0.251 e. The number of hydrogen-bond donors (Lipinski definition) is 3. The van der Waals surface area contributed by atoms with Crippen LogP contribution < -0.4 is 10.6 Å². The van der Waals surface area contributed by atoms with Crippen LogP contribution >= 0.6 is 0 Å². The number of fused-ring (bicyclic) bond motifs is 1. The van der Waals surface area contributed by atoms with Crippen LogP contribution in [0.1, 0.15) is 27.3 Å². The van der Waals surface area contributed by atoms with E-state index in [-0.39, 0.29) is 12.5 Å². The molecule has 1 aliphatic heterocycles. The van der Waals surface area contributed by atoms with Crippen LogP contribution in [0.3, 0.4) is 0 Å². The molecule has 3 N–H and O–H groups in total. The van der Waals surface area contributed by atoms with Crippen LogP contribution in [0.25, 0.3) is 0 Å². The fraction of sp³-hybridized carbons (Fsp3) is 0.333. The number of benzene rings is 1. The van der Waals surface area contributed by atoms with Crippen molar-refractivity contribution >= 4 is 5.91 Å². The normalized spacial score (nSPS) is 13.9. The fourth-order valence-electron chi connectivity index (χ4n) is 2.14. The third-order valence-corrected chi connectivity index (χ3v) is 3.15. The van der Waals surface area contributed by atoms with E-state index >= 15 is 0 Å². The van der Waals surface area contributed by atoms with Gasteiger partial charge in [-0.05, 0) is 36.2 Å². The second-order valence-electron chi connectivity index (χ2n) is 4.42. The summed E-state index contributed by atoms with van der Waals surface area (Å²) in [7, 11) is 0. The molecule has 0 atom stereocenters. The lowest BCUT2D eigenvalue weighted by atomic mass is 9.98. The van der Waals surface area contributed by atoms with Gasteiger partial charge in [0.1, 0.15) is 0 Å². The highest BCUT2D eigenvalue weighted by atomic mass is 16.1. The number of carbonyl (C=O) groups excluding carboxylic acids is 1. The molecule has 0 aliphatic carbocycles. The summed E-state index contributed by atoms with van der Waals surface area (Å²) in [6.45, 7) is 2.09. The van der Waals surface area contributed by atoms with Crippen molar-refractivity contribution in [3.63, 3.8) is 0 Å². The molecular weight excluding hydrogens is 244 g/mol. The summed E-state index contributed by atoms with van der Waals surface area (Å²) in [5.74, 6) is 0.339. The maximum Gasteiger partial charge on any atom is 0.251 e. The van der Waals surface area contributed by atoms with Crippen molar-refractivity contribution in [2.24, 2.45) is 0 Å². The molecule has 1 aliphatic rings. The highest BCUT2D eigenvalue weighted by molar-refractivity contribution is 5.94. The number of rotatable bonds is 3. The monoisotopic (exact) mass is 258 g/mol. The van der Waals surface area contributed by atoms with Crippen LogP contribution in [0.5, 0.6) is 0 Å². The minimum Gasteiger partial charge on any atom is -0.345 e. The molecule has 2 heterocycles. The first-order chi connectivity index (χ1) is 9.33. The van der Waals surface area contributed by atoms with Crippen molar-refractivity contribution in [3.8, 4) is 0 Å². The van der Waals surface area contributed by atoms with E-state index in [1.165, 1.54) is 11.1 Å². The zero-order chi connectivity index (χ0) is 13.1. The number of hydrogen-bond acceptors (Lipinski definition) is 5. The first kappa shape index (κ1) is 11.8. The lowest BCUT2D eigenvalue weighted by molar-refractivity contribution is 0.0949. The number of H-pyrrole nitrogens is 1. The molecule has 2 aromatic rings. The van der Waals surface area contributed by atoms with Gasteiger partial charge in [-0.3, -0.25) is 4.79 Å². The van der Waals surface area contributed by atoms with Crippen LogP contribution in [0.2, 0.25) is 0 Å². The van der Waals surface area contributed by atoms with Crippen LogP contribution in [0.15, 0.2) is 18.2 Å². The Morgan fingerprint density at radius 2 is 2.32 bits per heavy atom. The Labute approximate surface area is 109 Å². The van der Waals surface area contributed by atoms with E-state index in [9.17, 15) is 4.79 Å². The van der Waals surface area contributed by atoms with Crippen LogP contribution in [0, 0.1) is 0 Å². The predicted octanol–water partition coefficient (Wildman–Crippen LogP) is -0.225. The number of tetrazole rings is 1. The lowest BCUT2D eigenvalue weighted by Gasteiger charge is -2.17. The molecule has 0 unspecified atom stereocenters. The van der Waals surface area contributed by atoms with E-state index < -0.39 is 0 Å². The van der Waals surface area contributed by atoms with Crippen molar-refractivity contribution in [2.75, 3.05) is 6.54 Å². The average molecular weight is 258 g/mol. The number of aromatic amines is 1. The van der Waals surface area contributed by atoms with Crippen LogP contribution in [-0.2, 0) is 19.5 Å². The van der Waals surface area contributed by atoms with E-state index in [2.05, 4.69) is 31.3 Å². The Bertz CT molecular complexity index is 580.